The van der Waals surface area contributed by atoms with E-state index in [0.29, 0.717) is 6.61 Å². The molecule has 0 fully saturated rings. The lowest BCUT2D eigenvalue weighted by atomic mass is 9.91. The number of hydrogen-bond acceptors (Lipinski definition) is 2. The molecule has 1 aromatic carbocycles. The van der Waals surface area contributed by atoms with Crippen molar-refractivity contribution < 1.29 is 14.6 Å². The Hall–Kier alpha value is -1.22. The quantitative estimate of drug-likeness (QED) is 0.894. The van der Waals surface area contributed by atoms with E-state index < -0.39 is 5.97 Å². The molecule has 0 spiro atoms. The lowest BCUT2D eigenvalue weighted by molar-refractivity contribution is -0.138. The van der Waals surface area contributed by atoms with Crippen LogP contribution in [0.3, 0.4) is 0 Å². The SMILES string of the molecule is Cc1cc2c(c(C)c1Cl)CC(CC(=O)O)CCO2. The first-order valence-corrected chi connectivity index (χ1v) is 6.50. The van der Waals surface area contributed by atoms with Gasteiger partial charge in [-0.1, -0.05) is 11.6 Å². The summed E-state index contributed by atoms with van der Waals surface area (Å²) in [5.74, 6) is 0.239. The number of ether oxygens (including phenoxy) is 1. The Morgan fingerprint density at radius 1 is 1.56 bits per heavy atom. The molecule has 0 saturated heterocycles. The van der Waals surface area contributed by atoms with E-state index in [2.05, 4.69) is 0 Å². The van der Waals surface area contributed by atoms with Crippen molar-refractivity contribution in [1.82, 2.24) is 0 Å². The molecule has 0 bridgehead atoms. The van der Waals surface area contributed by atoms with Crippen molar-refractivity contribution in [3.05, 3.63) is 27.8 Å². The molecule has 1 heterocycles. The highest BCUT2D eigenvalue weighted by atomic mass is 35.5. The second kappa shape index (κ2) is 5.19. The molecule has 1 atom stereocenters. The number of carbonyl (C=O) groups is 1. The third kappa shape index (κ3) is 2.61. The molecule has 1 aliphatic heterocycles. The first kappa shape index (κ1) is 13.2. The fraction of sp³-hybridized carbons (Fsp3) is 0.500. The monoisotopic (exact) mass is 268 g/mol. The molecule has 1 unspecified atom stereocenters. The van der Waals surface area contributed by atoms with E-state index in [-0.39, 0.29) is 12.3 Å². The molecule has 0 aliphatic carbocycles. The first-order valence-electron chi connectivity index (χ1n) is 6.12. The number of rotatable bonds is 2. The smallest absolute Gasteiger partial charge is 0.303 e. The molecular formula is C14H17ClO3. The summed E-state index contributed by atoms with van der Waals surface area (Å²) in [5, 5.41) is 9.66. The zero-order chi connectivity index (χ0) is 13.3. The van der Waals surface area contributed by atoms with Gasteiger partial charge in [-0.15, -0.1) is 0 Å². The number of halogens is 1. The lowest BCUT2D eigenvalue weighted by Crippen LogP contribution is -2.11. The van der Waals surface area contributed by atoms with Crippen molar-refractivity contribution in [2.24, 2.45) is 5.92 Å². The minimum atomic E-state index is -0.751. The van der Waals surface area contributed by atoms with Gasteiger partial charge in [-0.2, -0.15) is 0 Å². The average Bonchev–Trinajstić information content (AvgIpc) is 2.48. The van der Waals surface area contributed by atoms with E-state index in [9.17, 15) is 4.79 Å². The predicted molar refractivity (Wildman–Crippen MR) is 70.5 cm³/mol. The van der Waals surface area contributed by atoms with E-state index in [1.807, 2.05) is 19.9 Å². The van der Waals surface area contributed by atoms with E-state index in [4.69, 9.17) is 21.4 Å². The molecule has 1 aromatic rings. The zero-order valence-corrected chi connectivity index (χ0v) is 11.4. The number of carboxylic acids is 1. The number of aliphatic carboxylic acids is 1. The van der Waals surface area contributed by atoms with Crippen molar-refractivity contribution in [2.45, 2.75) is 33.1 Å². The Morgan fingerprint density at radius 3 is 2.94 bits per heavy atom. The highest BCUT2D eigenvalue weighted by molar-refractivity contribution is 6.32. The summed E-state index contributed by atoms with van der Waals surface area (Å²) in [6.45, 7) is 4.50. The molecule has 2 rings (SSSR count). The maximum atomic E-state index is 10.8. The summed E-state index contributed by atoms with van der Waals surface area (Å²) in [6.07, 6.45) is 1.69. The number of fused-ring (bicyclic) bond motifs is 1. The normalized spacial score (nSPS) is 18.7. The Balaban J connectivity index is 2.35. The Bertz CT molecular complexity index is 482. The highest BCUT2D eigenvalue weighted by Gasteiger charge is 2.23. The summed E-state index contributed by atoms with van der Waals surface area (Å²) in [5.41, 5.74) is 3.09. The standard InChI is InChI=1S/C14H17ClO3/c1-8-5-12-11(9(2)14(8)15)6-10(3-4-18-12)7-13(16)17/h5,10H,3-4,6-7H2,1-2H3,(H,16,17). The summed E-state index contributed by atoms with van der Waals surface area (Å²) < 4.78 is 5.73. The molecule has 18 heavy (non-hydrogen) atoms. The molecule has 0 amide bonds. The van der Waals surface area contributed by atoms with Gasteiger partial charge in [-0.3, -0.25) is 4.79 Å². The van der Waals surface area contributed by atoms with Crippen molar-refractivity contribution in [2.75, 3.05) is 6.61 Å². The first-order chi connectivity index (χ1) is 8.49. The van der Waals surface area contributed by atoms with Crippen LogP contribution in [0.15, 0.2) is 6.07 Å². The third-order valence-electron chi connectivity index (χ3n) is 3.51. The number of benzene rings is 1. The minimum absolute atomic E-state index is 0.126. The zero-order valence-electron chi connectivity index (χ0n) is 10.6. The van der Waals surface area contributed by atoms with Crippen LogP contribution in [0.2, 0.25) is 5.02 Å². The Kier molecular flexibility index (Phi) is 3.81. The summed E-state index contributed by atoms with van der Waals surface area (Å²) in [4.78, 5) is 10.8. The Morgan fingerprint density at radius 2 is 2.28 bits per heavy atom. The highest BCUT2D eigenvalue weighted by Crippen LogP contribution is 2.36. The van der Waals surface area contributed by atoms with E-state index in [1.54, 1.807) is 0 Å². The van der Waals surface area contributed by atoms with E-state index in [1.165, 1.54) is 0 Å². The topological polar surface area (TPSA) is 46.5 Å². The molecule has 3 nitrogen and oxygen atoms in total. The maximum Gasteiger partial charge on any atom is 0.303 e. The van der Waals surface area contributed by atoms with Gasteiger partial charge in [-0.25, -0.2) is 0 Å². The third-order valence-corrected chi connectivity index (χ3v) is 4.09. The molecule has 4 heteroatoms. The van der Waals surface area contributed by atoms with Crippen molar-refractivity contribution in [1.29, 1.82) is 0 Å². The molecule has 0 saturated carbocycles. The van der Waals surface area contributed by atoms with Crippen LogP contribution in [0.4, 0.5) is 0 Å². The van der Waals surface area contributed by atoms with Gasteiger partial charge in [-0.05, 0) is 55.4 Å². The Labute approximate surface area is 112 Å². The maximum absolute atomic E-state index is 10.8. The van der Waals surface area contributed by atoms with Gasteiger partial charge in [0.2, 0.25) is 0 Å². The van der Waals surface area contributed by atoms with E-state index >= 15 is 0 Å². The lowest BCUT2D eigenvalue weighted by Gasteiger charge is -2.15. The largest absolute Gasteiger partial charge is 0.493 e. The second-order valence-corrected chi connectivity index (χ2v) is 5.29. The van der Waals surface area contributed by atoms with Crippen LogP contribution in [0.25, 0.3) is 0 Å². The molecule has 1 N–H and O–H groups in total. The van der Waals surface area contributed by atoms with Gasteiger partial charge < -0.3 is 9.84 Å². The fourth-order valence-electron chi connectivity index (χ4n) is 2.49. The van der Waals surface area contributed by atoms with Crippen LogP contribution in [0.5, 0.6) is 5.75 Å². The van der Waals surface area contributed by atoms with Crippen molar-refractivity contribution in [3.8, 4) is 5.75 Å². The van der Waals surface area contributed by atoms with Gasteiger partial charge in [0.05, 0.1) is 6.61 Å². The van der Waals surface area contributed by atoms with Gasteiger partial charge in [0, 0.05) is 11.4 Å². The fourth-order valence-corrected chi connectivity index (χ4v) is 2.66. The number of aryl methyl sites for hydroxylation is 1. The predicted octanol–water partition coefficient (Wildman–Crippen LogP) is 3.37. The van der Waals surface area contributed by atoms with Crippen LogP contribution in [0.1, 0.15) is 29.5 Å². The minimum Gasteiger partial charge on any atom is -0.493 e. The van der Waals surface area contributed by atoms with Crippen LogP contribution in [0, 0.1) is 19.8 Å². The van der Waals surface area contributed by atoms with Crippen molar-refractivity contribution in [3.63, 3.8) is 0 Å². The number of carboxylic acid groups (broad SMARTS) is 1. The van der Waals surface area contributed by atoms with Gasteiger partial charge in [0.1, 0.15) is 5.75 Å². The molecule has 0 aromatic heterocycles. The van der Waals surface area contributed by atoms with Gasteiger partial charge >= 0.3 is 5.97 Å². The second-order valence-electron chi connectivity index (χ2n) is 4.91. The van der Waals surface area contributed by atoms with Crippen LogP contribution < -0.4 is 4.74 Å². The van der Waals surface area contributed by atoms with Gasteiger partial charge in [0.25, 0.3) is 0 Å². The van der Waals surface area contributed by atoms with Gasteiger partial charge in [0.15, 0.2) is 0 Å². The molecule has 1 aliphatic rings. The number of hydrogen-bond donors (Lipinski definition) is 1. The summed E-state index contributed by atoms with van der Waals surface area (Å²) in [7, 11) is 0. The molecule has 0 radical (unpaired) electrons. The average molecular weight is 269 g/mol. The molecular weight excluding hydrogens is 252 g/mol. The van der Waals surface area contributed by atoms with Crippen LogP contribution >= 0.6 is 11.6 Å². The van der Waals surface area contributed by atoms with Crippen LogP contribution in [-0.2, 0) is 11.2 Å². The molecule has 98 valence electrons. The van der Waals surface area contributed by atoms with E-state index in [0.717, 1.165) is 40.3 Å². The summed E-state index contributed by atoms with van der Waals surface area (Å²) >= 11 is 6.25. The summed E-state index contributed by atoms with van der Waals surface area (Å²) in [6, 6.07) is 1.95. The van der Waals surface area contributed by atoms with Crippen LogP contribution in [-0.4, -0.2) is 17.7 Å². The van der Waals surface area contributed by atoms with Crippen molar-refractivity contribution >= 4 is 17.6 Å².